The zero-order chi connectivity index (χ0) is 11.7. The first-order valence-corrected chi connectivity index (χ1v) is 5.32. The van der Waals surface area contributed by atoms with Gasteiger partial charge in [-0.1, -0.05) is 0 Å². The van der Waals surface area contributed by atoms with Crippen LogP contribution in [0.2, 0.25) is 0 Å². The molecule has 2 aromatic heterocycles. The molecule has 0 fully saturated rings. The van der Waals surface area contributed by atoms with Crippen molar-refractivity contribution >= 4 is 22.3 Å². The molecule has 0 bridgehead atoms. The van der Waals surface area contributed by atoms with Crippen LogP contribution in [0.3, 0.4) is 0 Å². The van der Waals surface area contributed by atoms with Crippen LogP contribution in [0, 0.1) is 17.0 Å². The summed E-state index contributed by atoms with van der Waals surface area (Å²) in [5.74, 6) is -0.122. The van der Waals surface area contributed by atoms with E-state index in [0.717, 1.165) is 5.69 Å². The minimum Gasteiger partial charge on any atom is -0.375 e. The first-order valence-electron chi connectivity index (χ1n) is 4.44. The molecule has 0 saturated carbocycles. The summed E-state index contributed by atoms with van der Waals surface area (Å²) < 4.78 is 1.49. The Hall–Kier alpha value is -1.96. The van der Waals surface area contributed by atoms with Gasteiger partial charge in [0.15, 0.2) is 5.13 Å². The van der Waals surface area contributed by atoms with Crippen molar-refractivity contribution < 1.29 is 4.92 Å². The third kappa shape index (κ3) is 2.01. The third-order valence-corrected chi connectivity index (χ3v) is 2.71. The molecule has 0 spiro atoms. The number of nitrogen functional groups attached to an aromatic ring is 1. The van der Waals surface area contributed by atoms with Gasteiger partial charge in [-0.15, -0.1) is 11.3 Å². The van der Waals surface area contributed by atoms with Crippen LogP contribution >= 0.6 is 11.3 Å². The van der Waals surface area contributed by atoms with Gasteiger partial charge in [0.2, 0.25) is 0 Å². The highest BCUT2D eigenvalue weighted by atomic mass is 32.1. The van der Waals surface area contributed by atoms with E-state index in [1.54, 1.807) is 18.5 Å². The minimum absolute atomic E-state index is 0.122. The van der Waals surface area contributed by atoms with Gasteiger partial charge < -0.3 is 15.8 Å². The molecular weight excluding hydrogens is 230 g/mol. The number of nitrogens with two attached hydrogens (primary N) is 1. The van der Waals surface area contributed by atoms with Crippen LogP contribution in [0.15, 0.2) is 11.6 Å². The van der Waals surface area contributed by atoms with Gasteiger partial charge in [0, 0.05) is 5.38 Å². The predicted molar refractivity (Wildman–Crippen MR) is 59.2 cm³/mol. The van der Waals surface area contributed by atoms with Crippen LogP contribution in [-0.4, -0.2) is 19.7 Å². The van der Waals surface area contributed by atoms with Crippen molar-refractivity contribution in [3.63, 3.8) is 0 Å². The molecule has 0 aliphatic rings. The van der Waals surface area contributed by atoms with E-state index >= 15 is 0 Å². The van der Waals surface area contributed by atoms with E-state index < -0.39 is 4.92 Å². The Morgan fingerprint density at radius 2 is 2.44 bits per heavy atom. The zero-order valence-electron chi connectivity index (χ0n) is 8.45. The number of aromatic nitrogens is 3. The Kier molecular flexibility index (Phi) is 2.57. The van der Waals surface area contributed by atoms with Crippen LogP contribution in [0.1, 0.15) is 11.3 Å². The summed E-state index contributed by atoms with van der Waals surface area (Å²) in [6, 6.07) is 0. The van der Waals surface area contributed by atoms with Crippen LogP contribution < -0.4 is 5.73 Å². The van der Waals surface area contributed by atoms with Gasteiger partial charge in [-0.05, 0) is 11.8 Å². The molecule has 0 unspecified atom stereocenters. The molecule has 0 atom stereocenters. The number of hydrogen-bond donors (Lipinski definition) is 1. The normalized spacial score (nSPS) is 10.6. The molecule has 84 valence electrons. The highest BCUT2D eigenvalue weighted by molar-refractivity contribution is 7.13. The molecule has 0 amide bonds. The first kappa shape index (κ1) is 10.6. The summed E-state index contributed by atoms with van der Waals surface area (Å²) in [6.45, 7) is 2.04. The average molecular weight is 239 g/mol. The van der Waals surface area contributed by atoms with E-state index in [4.69, 9.17) is 5.73 Å². The fourth-order valence-electron chi connectivity index (χ4n) is 1.33. The monoisotopic (exact) mass is 239 g/mol. The number of hydrogen-bond acceptors (Lipinski definition) is 6. The van der Waals surface area contributed by atoms with Gasteiger partial charge in [-0.3, -0.25) is 0 Å². The Morgan fingerprint density at radius 1 is 1.69 bits per heavy atom. The Morgan fingerprint density at radius 3 is 2.94 bits per heavy atom. The van der Waals surface area contributed by atoms with Crippen molar-refractivity contribution in [3.8, 4) is 0 Å². The predicted octanol–water partition coefficient (Wildman–Crippen LogP) is 1.19. The smallest absolute Gasteiger partial charge is 0.375 e. The second-order valence-corrected chi connectivity index (χ2v) is 4.16. The quantitative estimate of drug-likeness (QED) is 0.640. The van der Waals surface area contributed by atoms with Gasteiger partial charge in [0.05, 0.1) is 22.6 Å². The van der Waals surface area contributed by atoms with E-state index in [2.05, 4.69) is 10.1 Å². The Bertz CT molecular complexity index is 532. The SMILES string of the molecule is Cc1cn(Cc2csc(N)n2)nc1[N+](=O)[O-]. The maximum absolute atomic E-state index is 10.6. The standard InChI is InChI=1S/C8H9N5O2S/c1-5-2-12(11-7(5)13(14)15)3-6-4-16-8(9)10-6/h2,4H,3H2,1H3,(H2,9,10). The summed E-state index contributed by atoms with van der Waals surface area (Å²) >= 11 is 1.33. The number of anilines is 1. The summed E-state index contributed by atoms with van der Waals surface area (Å²) in [7, 11) is 0. The van der Waals surface area contributed by atoms with Crippen molar-refractivity contribution in [1.82, 2.24) is 14.8 Å². The molecule has 2 rings (SSSR count). The second kappa shape index (κ2) is 3.89. The van der Waals surface area contributed by atoms with Crippen molar-refractivity contribution in [2.45, 2.75) is 13.5 Å². The van der Waals surface area contributed by atoms with E-state index in [9.17, 15) is 10.1 Å². The maximum Gasteiger partial charge on any atom is 0.392 e. The topological polar surface area (TPSA) is 99.9 Å². The fraction of sp³-hybridized carbons (Fsp3) is 0.250. The van der Waals surface area contributed by atoms with Crippen LogP contribution in [0.5, 0.6) is 0 Å². The number of nitrogens with zero attached hydrogens (tertiary/aromatic N) is 4. The van der Waals surface area contributed by atoms with Gasteiger partial charge in [-0.2, -0.15) is 4.68 Å². The van der Waals surface area contributed by atoms with Gasteiger partial charge >= 0.3 is 5.82 Å². The molecule has 8 heteroatoms. The molecule has 2 heterocycles. The van der Waals surface area contributed by atoms with Crippen molar-refractivity contribution in [1.29, 1.82) is 0 Å². The van der Waals surface area contributed by atoms with E-state index in [-0.39, 0.29) is 5.82 Å². The summed E-state index contributed by atoms with van der Waals surface area (Å²) in [6.07, 6.45) is 1.62. The molecule has 7 nitrogen and oxygen atoms in total. The molecule has 0 saturated heterocycles. The fourth-order valence-corrected chi connectivity index (χ4v) is 1.89. The van der Waals surface area contributed by atoms with E-state index in [1.807, 2.05) is 0 Å². The molecule has 0 aliphatic carbocycles. The van der Waals surface area contributed by atoms with Gasteiger partial charge in [-0.25, -0.2) is 4.98 Å². The van der Waals surface area contributed by atoms with Crippen molar-refractivity contribution in [2.24, 2.45) is 0 Å². The molecule has 16 heavy (non-hydrogen) atoms. The lowest BCUT2D eigenvalue weighted by atomic mass is 10.4. The maximum atomic E-state index is 10.6. The number of rotatable bonds is 3. The van der Waals surface area contributed by atoms with Crippen molar-refractivity contribution in [2.75, 3.05) is 5.73 Å². The highest BCUT2D eigenvalue weighted by Gasteiger charge is 2.17. The average Bonchev–Trinajstić information content (AvgIpc) is 2.73. The molecule has 0 aliphatic heterocycles. The summed E-state index contributed by atoms with van der Waals surface area (Å²) in [4.78, 5) is 14.1. The van der Waals surface area contributed by atoms with Crippen LogP contribution in [0.25, 0.3) is 0 Å². The number of thiazole rings is 1. The van der Waals surface area contributed by atoms with Gasteiger partial charge in [0.25, 0.3) is 0 Å². The lowest BCUT2D eigenvalue weighted by Gasteiger charge is -1.90. The lowest BCUT2D eigenvalue weighted by Crippen LogP contribution is -2.01. The minimum atomic E-state index is -0.499. The van der Waals surface area contributed by atoms with E-state index in [1.165, 1.54) is 16.0 Å². The lowest BCUT2D eigenvalue weighted by molar-refractivity contribution is -0.390. The largest absolute Gasteiger partial charge is 0.392 e. The van der Waals surface area contributed by atoms with Crippen LogP contribution in [-0.2, 0) is 6.54 Å². The molecular formula is C8H9N5O2S. The Balaban J connectivity index is 2.22. The van der Waals surface area contributed by atoms with Crippen molar-refractivity contribution in [3.05, 3.63) is 32.9 Å². The van der Waals surface area contributed by atoms with Crippen LogP contribution in [0.4, 0.5) is 10.9 Å². The first-order chi connectivity index (χ1) is 7.56. The number of nitro groups is 1. The molecule has 2 aromatic rings. The van der Waals surface area contributed by atoms with Gasteiger partial charge in [0.1, 0.15) is 6.54 Å². The van der Waals surface area contributed by atoms with E-state index in [0.29, 0.717) is 17.2 Å². The summed E-state index contributed by atoms with van der Waals surface area (Å²) in [5, 5.41) is 16.7. The Labute approximate surface area is 94.7 Å². The highest BCUT2D eigenvalue weighted by Crippen LogP contribution is 2.16. The molecule has 0 radical (unpaired) electrons. The second-order valence-electron chi connectivity index (χ2n) is 3.27. The molecule has 2 N–H and O–H groups in total. The molecule has 0 aromatic carbocycles. The number of aryl methyl sites for hydroxylation is 1. The third-order valence-electron chi connectivity index (χ3n) is 1.98. The zero-order valence-corrected chi connectivity index (χ0v) is 9.27. The summed E-state index contributed by atoms with van der Waals surface area (Å²) in [5.41, 5.74) is 6.77.